The van der Waals surface area contributed by atoms with E-state index in [0.29, 0.717) is 11.8 Å². The van der Waals surface area contributed by atoms with Crippen LogP contribution in [0.25, 0.3) is 0 Å². The van der Waals surface area contributed by atoms with Gasteiger partial charge in [0.2, 0.25) is 0 Å². The molecule has 3 rings (SSSR count). The van der Waals surface area contributed by atoms with Gasteiger partial charge in [-0.1, -0.05) is 48.5 Å². The van der Waals surface area contributed by atoms with Crippen molar-refractivity contribution in [1.29, 1.82) is 0 Å². The molecule has 1 aliphatic rings. The topological polar surface area (TPSA) is 38.5 Å². The van der Waals surface area contributed by atoms with Crippen molar-refractivity contribution < 1.29 is 4.74 Å². The van der Waals surface area contributed by atoms with Gasteiger partial charge in [0.15, 0.2) is 0 Å². The fourth-order valence-electron chi connectivity index (χ4n) is 3.27. The van der Waals surface area contributed by atoms with Gasteiger partial charge < -0.3 is 10.5 Å². The largest absolute Gasteiger partial charge is 0.492 e. The molecule has 0 saturated carbocycles. The number of nitrogens with zero attached hydrogens (tertiary/aromatic N) is 1. The van der Waals surface area contributed by atoms with Gasteiger partial charge in [-0.05, 0) is 30.2 Å². The summed E-state index contributed by atoms with van der Waals surface area (Å²) in [5.41, 5.74) is 7.39. The molecule has 116 valence electrons. The SMILES string of the molecule is NC[C@@H]1CN(CCOc2ccccc2)C[C@H]1c1ccccc1. The highest BCUT2D eigenvalue weighted by Crippen LogP contribution is 2.31. The molecule has 1 saturated heterocycles. The van der Waals surface area contributed by atoms with E-state index >= 15 is 0 Å². The number of hydrogen-bond donors (Lipinski definition) is 1. The summed E-state index contributed by atoms with van der Waals surface area (Å²) < 4.78 is 5.80. The van der Waals surface area contributed by atoms with Gasteiger partial charge in [-0.3, -0.25) is 4.90 Å². The molecule has 3 heteroatoms. The molecule has 1 fully saturated rings. The van der Waals surface area contributed by atoms with Gasteiger partial charge in [0.05, 0.1) is 0 Å². The van der Waals surface area contributed by atoms with E-state index in [9.17, 15) is 0 Å². The molecule has 0 bridgehead atoms. The van der Waals surface area contributed by atoms with E-state index in [-0.39, 0.29) is 0 Å². The van der Waals surface area contributed by atoms with Gasteiger partial charge in [0, 0.05) is 25.6 Å². The molecule has 0 aliphatic carbocycles. The normalized spacial score (nSPS) is 21.9. The maximum Gasteiger partial charge on any atom is 0.119 e. The second-order valence-corrected chi connectivity index (χ2v) is 5.93. The highest BCUT2D eigenvalue weighted by Gasteiger charge is 2.32. The zero-order valence-corrected chi connectivity index (χ0v) is 12.9. The van der Waals surface area contributed by atoms with Crippen LogP contribution in [0.15, 0.2) is 60.7 Å². The number of likely N-dealkylation sites (tertiary alicyclic amines) is 1. The molecule has 1 aliphatic heterocycles. The summed E-state index contributed by atoms with van der Waals surface area (Å²) in [6, 6.07) is 20.7. The van der Waals surface area contributed by atoms with E-state index in [1.165, 1.54) is 5.56 Å². The van der Waals surface area contributed by atoms with Crippen LogP contribution in [-0.2, 0) is 0 Å². The average molecular weight is 296 g/mol. The van der Waals surface area contributed by atoms with E-state index in [1.807, 2.05) is 30.3 Å². The molecule has 22 heavy (non-hydrogen) atoms. The molecule has 0 unspecified atom stereocenters. The minimum absolute atomic E-state index is 0.541. The Balaban J connectivity index is 1.53. The zero-order valence-electron chi connectivity index (χ0n) is 12.9. The Morgan fingerprint density at radius 2 is 1.64 bits per heavy atom. The quantitative estimate of drug-likeness (QED) is 0.891. The molecule has 1 heterocycles. The van der Waals surface area contributed by atoms with Gasteiger partial charge in [0.25, 0.3) is 0 Å². The van der Waals surface area contributed by atoms with Gasteiger partial charge in [-0.15, -0.1) is 0 Å². The predicted molar refractivity (Wildman–Crippen MR) is 90.1 cm³/mol. The summed E-state index contributed by atoms with van der Waals surface area (Å²) in [7, 11) is 0. The van der Waals surface area contributed by atoms with Gasteiger partial charge in [-0.2, -0.15) is 0 Å². The van der Waals surface area contributed by atoms with Crippen LogP contribution in [-0.4, -0.2) is 37.7 Å². The Kier molecular flexibility index (Phi) is 5.09. The molecule has 2 N–H and O–H groups in total. The van der Waals surface area contributed by atoms with Crippen molar-refractivity contribution in [3.8, 4) is 5.75 Å². The molecular weight excluding hydrogens is 272 g/mol. The van der Waals surface area contributed by atoms with Crippen LogP contribution in [0.5, 0.6) is 5.75 Å². The Labute approximate surface area is 132 Å². The van der Waals surface area contributed by atoms with Crippen LogP contribution >= 0.6 is 0 Å². The zero-order chi connectivity index (χ0) is 15.2. The highest BCUT2D eigenvalue weighted by atomic mass is 16.5. The molecule has 2 aromatic carbocycles. The lowest BCUT2D eigenvalue weighted by Crippen LogP contribution is -2.27. The molecule has 0 amide bonds. The van der Waals surface area contributed by atoms with Crippen LogP contribution < -0.4 is 10.5 Å². The minimum Gasteiger partial charge on any atom is -0.492 e. The van der Waals surface area contributed by atoms with Crippen LogP contribution in [0, 0.1) is 5.92 Å². The number of nitrogens with two attached hydrogens (primary N) is 1. The summed E-state index contributed by atoms with van der Waals surface area (Å²) in [5.74, 6) is 2.03. The molecule has 2 atom stereocenters. The first-order chi connectivity index (χ1) is 10.9. The second-order valence-electron chi connectivity index (χ2n) is 5.93. The minimum atomic E-state index is 0.541. The Morgan fingerprint density at radius 3 is 2.32 bits per heavy atom. The van der Waals surface area contributed by atoms with E-state index in [2.05, 4.69) is 35.2 Å². The molecule has 2 aromatic rings. The van der Waals surface area contributed by atoms with Gasteiger partial charge in [0.1, 0.15) is 12.4 Å². The number of benzene rings is 2. The lowest BCUT2D eigenvalue weighted by Gasteiger charge is -2.17. The summed E-state index contributed by atoms with van der Waals surface area (Å²) >= 11 is 0. The summed E-state index contributed by atoms with van der Waals surface area (Å²) in [6.07, 6.45) is 0. The smallest absolute Gasteiger partial charge is 0.119 e. The monoisotopic (exact) mass is 296 g/mol. The Hall–Kier alpha value is -1.84. The van der Waals surface area contributed by atoms with Crippen molar-refractivity contribution in [2.75, 3.05) is 32.8 Å². The van der Waals surface area contributed by atoms with Crippen molar-refractivity contribution >= 4 is 0 Å². The third-order valence-corrected chi connectivity index (χ3v) is 4.47. The predicted octanol–water partition coefficient (Wildman–Crippen LogP) is 2.74. The summed E-state index contributed by atoms with van der Waals surface area (Å²) in [5, 5.41) is 0. The maximum atomic E-state index is 5.99. The number of para-hydroxylation sites is 1. The van der Waals surface area contributed by atoms with Crippen LogP contribution in [0.3, 0.4) is 0 Å². The standard InChI is InChI=1S/C19H24N2O/c20-13-17-14-21(11-12-22-18-9-5-2-6-10-18)15-19(17)16-7-3-1-4-8-16/h1-10,17,19H,11-15,20H2/t17-,19+/m1/s1. The average Bonchev–Trinajstić information content (AvgIpc) is 3.00. The third-order valence-electron chi connectivity index (χ3n) is 4.47. The first kappa shape index (κ1) is 15.1. The van der Waals surface area contributed by atoms with Gasteiger partial charge in [-0.25, -0.2) is 0 Å². The molecule has 0 radical (unpaired) electrons. The third kappa shape index (κ3) is 3.67. The summed E-state index contributed by atoms with van der Waals surface area (Å²) in [4.78, 5) is 2.47. The molecule has 0 spiro atoms. The lowest BCUT2D eigenvalue weighted by atomic mass is 9.89. The van der Waals surface area contributed by atoms with E-state index in [1.54, 1.807) is 0 Å². The Bertz CT molecular complexity index is 558. The van der Waals surface area contributed by atoms with Crippen LogP contribution in [0.1, 0.15) is 11.5 Å². The lowest BCUT2D eigenvalue weighted by molar-refractivity contribution is 0.232. The van der Waals surface area contributed by atoms with Crippen molar-refractivity contribution in [3.63, 3.8) is 0 Å². The van der Waals surface area contributed by atoms with Crippen LogP contribution in [0.4, 0.5) is 0 Å². The fourth-order valence-corrected chi connectivity index (χ4v) is 3.27. The van der Waals surface area contributed by atoms with E-state index in [4.69, 9.17) is 10.5 Å². The highest BCUT2D eigenvalue weighted by molar-refractivity contribution is 5.23. The number of ether oxygens (including phenoxy) is 1. The van der Waals surface area contributed by atoms with Crippen molar-refractivity contribution in [3.05, 3.63) is 66.2 Å². The van der Waals surface area contributed by atoms with Gasteiger partial charge >= 0.3 is 0 Å². The van der Waals surface area contributed by atoms with Crippen molar-refractivity contribution in [1.82, 2.24) is 4.90 Å². The van der Waals surface area contributed by atoms with Crippen molar-refractivity contribution in [2.45, 2.75) is 5.92 Å². The summed E-state index contributed by atoms with van der Waals surface area (Å²) in [6.45, 7) is 4.56. The molecular formula is C19H24N2O. The first-order valence-electron chi connectivity index (χ1n) is 8.02. The van der Waals surface area contributed by atoms with Crippen molar-refractivity contribution in [2.24, 2.45) is 11.7 Å². The number of rotatable bonds is 6. The molecule has 3 nitrogen and oxygen atoms in total. The molecule has 0 aromatic heterocycles. The van der Waals surface area contributed by atoms with E-state index in [0.717, 1.165) is 38.5 Å². The van der Waals surface area contributed by atoms with E-state index < -0.39 is 0 Å². The fraction of sp³-hybridized carbons (Fsp3) is 0.368. The Morgan fingerprint density at radius 1 is 0.955 bits per heavy atom. The van der Waals surface area contributed by atoms with Crippen LogP contribution in [0.2, 0.25) is 0 Å². The number of hydrogen-bond acceptors (Lipinski definition) is 3. The first-order valence-corrected chi connectivity index (χ1v) is 8.02. The second kappa shape index (κ2) is 7.43. The maximum absolute atomic E-state index is 5.99.